The second kappa shape index (κ2) is 3.97. The molecule has 0 radical (unpaired) electrons. The first-order chi connectivity index (χ1) is 6.76. The maximum Gasteiger partial charge on any atom is 0.129 e. The predicted octanol–water partition coefficient (Wildman–Crippen LogP) is 4.30. The highest BCUT2D eigenvalue weighted by molar-refractivity contribution is 7.18. The van der Waals surface area contributed by atoms with Crippen molar-refractivity contribution in [2.45, 2.75) is 5.88 Å². The Morgan fingerprint density at radius 3 is 2.86 bits per heavy atom. The average molecular weight is 247 g/mol. The van der Waals surface area contributed by atoms with Crippen LogP contribution in [0.1, 0.15) is 5.56 Å². The molecule has 0 bridgehead atoms. The van der Waals surface area contributed by atoms with Crippen LogP contribution in [0, 0.1) is 0 Å². The Morgan fingerprint density at radius 2 is 2.21 bits per heavy atom. The lowest BCUT2D eigenvalue weighted by molar-refractivity contribution is 0.419. The van der Waals surface area contributed by atoms with Gasteiger partial charge in [0.1, 0.15) is 5.75 Å². The van der Waals surface area contributed by atoms with Gasteiger partial charge in [-0.3, -0.25) is 0 Å². The summed E-state index contributed by atoms with van der Waals surface area (Å²) in [6, 6.07) is 3.97. The van der Waals surface area contributed by atoms with E-state index >= 15 is 0 Å². The molecule has 0 fully saturated rings. The van der Waals surface area contributed by atoms with Crippen molar-refractivity contribution in [3.05, 3.63) is 28.1 Å². The van der Waals surface area contributed by atoms with E-state index in [-0.39, 0.29) is 0 Å². The molecule has 0 atom stereocenters. The number of fused-ring (bicyclic) bond motifs is 1. The van der Waals surface area contributed by atoms with Crippen molar-refractivity contribution in [2.75, 3.05) is 7.11 Å². The molecule has 0 aliphatic rings. The summed E-state index contributed by atoms with van der Waals surface area (Å²) in [6.45, 7) is 0. The molecular weight excluding hydrogens is 239 g/mol. The van der Waals surface area contributed by atoms with Gasteiger partial charge in [0.2, 0.25) is 0 Å². The Labute approximate surface area is 96.2 Å². The standard InChI is InChI=1S/C10H8Cl2OS/c1-13-8-2-6(4-11)3-9-10(8)7(12)5-14-9/h2-3,5H,4H2,1H3. The van der Waals surface area contributed by atoms with Gasteiger partial charge >= 0.3 is 0 Å². The van der Waals surface area contributed by atoms with E-state index in [0.717, 1.165) is 26.4 Å². The lowest BCUT2D eigenvalue weighted by atomic mass is 10.2. The molecule has 0 saturated heterocycles. The third kappa shape index (κ3) is 1.58. The molecule has 0 amide bonds. The van der Waals surface area contributed by atoms with Gasteiger partial charge in [-0.05, 0) is 17.7 Å². The zero-order valence-corrected chi connectivity index (χ0v) is 9.84. The van der Waals surface area contributed by atoms with Gasteiger partial charge in [0.15, 0.2) is 0 Å². The van der Waals surface area contributed by atoms with E-state index in [2.05, 4.69) is 0 Å². The lowest BCUT2D eigenvalue weighted by Gasteiger charge is -2.04. The number of alkyl halides is 1. The summed E-state index contributed by atoms with van der Waals surface area (Å²) >= 11 is 13.4. The van der Waals surface area contributed by atoms with Gasteiger partial charge in [0.05, 0.1) is 17.5 Å². The quantitative estimate of drug-likeness (QED) is 0.719. The smallest absolute Gasteiger partial charge is 0.129 e. The van der Waals surface area contributed by atoms with Crippen LogP contribution in [0.4, 0.5) is 0 Å². The summed E-state index contributed by atoms with van der Waals surface area (Å²) in [5.41, 5.74) is 1.05. The number of thiophene rings is 1. The topological polar surface area (TPSA) is 9.23 Å². The van der Waals surface area contributed by atoms with Gasteiger partial charge in [-0.1, -0.05) is 11.6 Å². The van der Waals surface area contributed by atoms with Crippen molar-refractivity contribution in [3.63, 3.8) is 0 Å². The van der Waals surface area contributed by atoms with Crippen LogP contribution in [0.25, 0.3) is 10.1 Å². The molecule has 0 saturated carbocycles. The number of rotatable bonds is 2. The molecule has 0 unspecified atom stereocenters. The monoisotopic (exact) mass is 246 g/mol. The van der Waals surface area contributed by atoms with Crippen LogP contribution in [0.2, 0.25) is 5.02 Å². The third-order valence-corrected chi connectivity index (χ3v) is 3.69. The minimum Gasteiger partial charge on any atom is -0.496 e. The van der Waals surface area contributed by atoms with Crippen molar-refractivity contribution in [1.82, 2.24) is 0 Å². The number of hydrogen-bond acceptors (Lipinski definition) is 2. The molecule has 0 aliphatic heterocycles. The fraction of sp³-hybridized carbons (Fsp3) is 0.200. The lowest BCUT2D eigenvalue weighted by Crippen LogP contribution is -1.86. The highest BCUT2D eigenvalue weighted by Crippen LogP contribution is 2.38. The van der Waals surface area contributed by atoms with Gasteiger partial charge in [-0.2, -0.15) is 0 Å². The summed E-state index contributed by atoms with van der Waals surface area (Å²) in [6.07, 6.45) is 0. The normalized spacial score (nSPS) is 10.8. The van der Waals surface area contributed by atoms with E-state index in [1.165, 1.54) is 0 Å². The molecule has 1 aromatic carbocycles. The average Bonchev–Trinajstić information content (AvgIpc) is 2.59. The molecule has 1 nitrogen and oxygen atoms in total. The van der Waals surface area contributed by atoms with Crippen LogP contribution in [0.5, 0.6) is 5.75 Å². The number of methoxy groups -OCH3 is 1. The second-order valence-corrected chi connectivity index (χ2v) is 4.47. The second-order valence-electron chi connectivity index (χ2n) is 2.89. The SMILES string of the molecule is COc1cc(CCl)cc2scc(Cl)c12. The molecule has 1 heterocycles. The number of halogens is 2. The summed E-state index contributed by atoms with van der Waals surface area (Å²) in [5.74, 6) is 1.28. The molecule has 0 spiro atoms. The van der Waals surface area contributed by atoms with Crippen molar-refractivity contribution < 1.29 is 4.74 Å². The molecule has 1 aromatic heterocycles. The van der Waals surface area contributed by atoms with Crippen LogP contribution in [0.3, 0.4) is 0 Å². The molecule has 4 heteroatoms. The van der Waals surface area contributed by atoms with Crippen LogP contribution in [-0.4, -0.2) is 7.11 Å². The summed E-state index contributed by atoms with van der Waals surface area (Å²) in [5, 5.41) is 3.63. The Bertz CT molecular complexity index is 464. The first-order valence-electron chi connectivity index (χ1n) is 4.06. The zero-order chi connectivity index (χ0) is 10.1. The van der Waals surface area contributed by atoms with Gasteiger partial charge in [0, 0.05) is 16.0 Å². The van der Waals surface area contributed by atoms with E-state index in [0.29, 0.717) is 5.88 Å². The zero-order valence-electron chi connectivity index (χ0n) is 7.51. The van der Waals surface area contributed by atoms with Crippen molar-refractivity contribution >= 4 is 44.6 Å². The van der Waals surface area contributed by atoms with E-state index in [1.807, 2.05) is 17.5 Å². The maximum absolute atomic E-state index is 6.05. The summed E-state index contributed by atoms with van der Waals surface area (Å²) < 4.78 is 6.39. The van der Waals surface area contributed by atoms with E-state index in [1.54, 1.807) is 18.4 Å². The van der Waals surface area contributed by atoms with Gasteiger partial charge in [-0.15, -0.1) is 22.9 Å². The highest BCUT2D eigenvalue weighted by atomic mass is 35.5. The third-order valence-electron chi connectivity index (χ3n) is 2.03. The Balaban J connectivity index is 2.76. The van der Waals surface area contributed by atoms with E-state index in [9.17, 15) is 0 Å². The van der Waals surface area contributed by atoms with Crippen molar-refractivity contribution in [2.24, 2.45) is 0 Å². The van der Waals surface area contributed by atoms with Crippen LogP contribution in [-0.2, 0) is 5.88 Å². The van der Waals surface area contributed by atoms with Gasteiger partial charge in [0.25, 0.3) is 0 Å². The minimum atomic E-state index is 0.488. The molecule has 74 valence electrons. The van der Waals surface area contributed by atoms with Crippen LogP contribution >= 0.6 is 34.5 Å². The number of ether oxygens (including phenoxy) is 1. The number of benzene rings is 1. The fourth-order valence-corrected chi connectivity index (χ4v) is 2.82. The Hall–Kier alpha value is -0.440. The fourth-order valence-electron chi connectivity index (χ4n) is 1.38. The highest BCUT2D eigenvalue weighted by Gasteiger charge is 2.09. The summed E-state index contributed by atoms with van der Waals surface area (Å²) in [7, 11) is 1.64. The molecule has 2 aromatic rings. The largest absolute Gasteiger partial charge is 0.496 e. The van der Waals surface area contributed by atoms with E-state index < -0.39 is 0 Å². The Kier molecular flexibility index (Phi) is 2.86. The first-order valence-corrected chi connectivity index (χ1v) is 5.85. The van der Waals surface area contributed by atoms with Gasteiger partial charge in [-0.25, -0.2) is 0 Å². The van der Waals surface area contributed by atoms with Crippen LogP contribution < -0.4 is 4.74 Å². The molecule has 0 aliphatic carbocycles. The number of hydrogen-bond donors (Lipinski definition) is 0. The molecular formula is C10H8Cl2OS. The Morgan fingerprint density at radius 1 is 1.43 bits per heavy atom. The van der Waals surface area contributed by atoms with Crippen molar-refractivity contribution in [1.29, 1.82) is 0 Å². The maximum atomic E-state index is 6.05. The molecule has 14 heavy (non-hydrogen) atoms. The molecule has 2 rings (SSSR count). The molecule has 0 N–H and O–H groups in total. The minimum absolute atomic E-state index is 0.488. The van der Waals surface area contributed by atoms with E-state index in [4.69, 9.17) is 27.9 Å². The van der Waals surface area contributed by atoms with Crippen molar-refractivity contribution in [3.8, 4) is 5.75 Å². The summed E-state index contributed by atoms with van der Waals surface area (Å²) in [4.78, 5) is 0. The van der Waals surface area contributed by atoms with Crippen LogP contribution in [0.15, 0.2) is 17.5 Å². The van der Waals surface area contributed by atoms with Gasteiger partial charge < -0.3 is 4.74 Å². The first kappa shape index (κ1) is 10.1. The predicted molar refractivity (Wildman–Crippen MR) is 62.9 cm³/mol.